The Morgan fingerprint density at radius 2 is 2.07 bits per heavy atom. The first-order valence-corrected chi connectivity index (χ1v) is 5.70. The van der Waals surface area contributed by atoms with Crippen molar-refractivity contribution in [1.82, 2.24) is 5.32 Å². The van der Waals surface area contributed by atoms with Crippen molar-refractivity contribution in [2.24, 2.45) is 0 Å². The van der Waals surface area contributed by atoms with E-state index in [1.54, 1.807) is 0 Å². The van der Waals surface area contributed by atoms with Crippen LogP contribution in [-0.4, -0.2) is 13.6 Å². The van der Waals surface area contributed by atoms with Crippen molar-refractivity contribution in [2.75, 3.05) is 13.6 Å². The van der Waals surface area contributed by atoms with Gasteiger partial charge in [0, 0.05) is 6.54 Å². The Morgan fingerprint density at radius 3 is 2.73 bits per heavy atom. The number of likely N-dealkylation sites (N-methyl/N-ethyl adjacent to an activating group) is 1. The highest BCUT2D eigenvalue weighted by Crippen LogP contribution is 2.18. The van der Waals surface area contributed by atoms with Crippen LogP contribution >= 0.6 is 0 Å². The van der Waals surface area contributed by atoms with Crippen LogP contribution in [0.1, 0.15) is 30.9 Å². The Balaban J connectivity index is 2.80. The fourth-order valence-electron chi connectivity index (χ4n) is 1.76. The third-order valence-corrected chi connectivity index (χ3v) is 2.59. The summed E-state index contributed by atoms with van der Waals surface area (Å²) in [5.41, 5.74) is 3.93. The van der Waals surface area contributed by atoms with E-state index >= 15 is 0 Å². The first-order valence-electron chi connectivity index (χ1n) is 5.70. The molecule has 1 N–H and O–H groups in total. The van der Waals surface area contributed by atoms with Gasteiger partial charge in [-0.05, 0) is 36.6 Å². The summed E-state index contributed by atoms with van der Waals surface area (Å²) in [6, 6.07) is 8.59. The molecule has 0 heterocycles. The van der Waals surface area contributed by atoms with E-state index in [4.69, 9.17) is 0 Å². The standard InChI is InChI=1S/C14H21N/c1-4-5-8-13-9-6-7-10-14(13)12(2)11-15-3/h6-7,9-10,15H,2,4-5,8,11H2,1,3H3. The maximum Gasteiger partial charge on any atom is 0.0202 e. The van der Waals surface area contributed by atoms with Crippen molar-refractivity contribution in [3.63, 3.8) is 0 Å². The molecular formula is C14H21N. The van der Waals surface area contributed by atoms with Crippen LogP contribution in [0.5, 0.6) is 0 Å². The second-order valence-corrected chi connectivity index (χ2v) is 3.89. The lowest BCUT2D eigenvalue weighted by Gasteiger charge is -2.11. The number of nitrogens with one attached hydrogen (secondary N) is 1. The summed E-state index contributed by atoms with van der Waals surface area (Å²) in [5, 5.41) is 3.15. The minimum atomic E-state index is 0.864. The molecule has 0 aromatic heterocycles. The number of hydrogen-bond donors (Lipinski definition) is 1. The van der Waals surface area contributed by atoms with Gasteiger partial charge in [-0.25, -0.2) is 0 Å². The number of aryl methyl sites for hydroxylation is 1. The van der Waals surface area contributed by atoms with Crippen molar-refractivity contribution in [2.45, 2.75) is 26.2 Å². The van der Waals surface area contributed by atoms with Gasteiger partial charge in [-0.2, -0.15) is 0 Å². The van der Waals surface area contributed by atoms with E-state index < -0.39 is 0 Å². The molecule has 0 unspecified atom stereocenters. The molecule has 1 heteroatoms. The van der Waals surface area contributed by atoms with Crippen LogP contribution in [0.15, 0.2) is 30.8 Å². The molecule has 0 aliphatic heterocycles. The summed E-state index contributed by atoms with van der Waals surface area (Å²) >= 11 is 0. The molecule has 1 aromatic carbocycles. The van der Waals surface area contributed by atoms with Gasteiger partial charge < -0.3 is 5.32 Å². The molecule has 1 rings (SSSR count). The molecule has 0 atom stereocenters. The third-order valence-electron chi connectivity index (χ3n) is 2.59. The van der Waals surface area contributed by atoms with Gasteiger partial charge >= 0.3 is 0 Å². The SMILES string of the molecule is C=C(CNC)c1ccccc1CCCC. The lowest BCUT2D eigenvalue weighted by Crippen LogP contribution is -2.10. The molecule has 1 nitrogen and oxygen atoms in total. The Bertz CT molecular complexity index is 315. The van der Waals surface area contributed by atoms with Crippen LogP contribution in [0.2, 0.25) is 0 Å². The number of benzene rings is 1. The van der Waals surface area contributed by atoms with Gasteiger partial charge in [-0.15, -0.1) is 0 Å². The third kappa shape index (κ3) is 3.52. The molecule has 0 aliphatic rings. The summed E-state index contributed by atoms with van der Waals surface area (Å²) in [4.78, 5) is 0. The molecule has 0 amide bonds. The zero-order chi connectivity index (χ0) is 11.1. The van der Waals surface area contributed by atoms with Gasteiger partial charge in [0.25, 0.3) is 0 Å². The van der Waals surface area contributed by atoms with Crippen molar-refractivity contribution >= 4 is 5.57 Å². The quantitative estimate of drug-likeness (QED) is 0.748. The van der Waals surface area contributed by atoms with Crippen molar-refractivity contribution in [3.8, 4) is 0 Å². The Hall–Kier alpha value is -1.08. The predicted molar refractivity (Wildman–Crippen MR) is 68.0 cm³/mol. The van der Waals surface area contributed by atoms with E-state index in [0.29, 0.717) is 0 Å². The molecule has 0 saturated heterocycles. The lowest BCUT2D eigenvalue weighted by atomic mass is 9.97. The summed E-state index contributed by atoms with van der Waals surface area (Å²) in [5.74, 6) is 0. The van der Waals surface area contributed by atoms with Crippen LogP contribution in [0.4, 0.5) is 0 Å². The average Bonchev–Trinajstić information content (AvgIpc) is 2.27. The van der Waals surface area contributed by atoms with E-state index in [1.807, 2.05) is 7.05 Å². The number of unbranched alkanes of at least 4 members (excludes halogenated alkanes) is 1. The number of rotatable bonds is 6. The summed E-state index contributed by atoms with van der Waals surface area (Å²) in [6.07, 6.45) is 3.66. The lowest BCUT2D eigenvalue weighted by molar-refractivity contribution is 0.792. The van der Waals surface area contributed by atoms with Crippen molar-refractivity contribution < 1.29 is 0 Å². The van der Waals surface area contributed by atoms with E-state index in [0.717, 1.165) is 13.0 Å². The van der Waals surface area contributed by atoms with E-state index in [2.05, 4.69) is 43.1 Å². The van der Waals surface area contributed by atoms with Gasteiger partial charge in [0.1, 0.15) is 0 Å². The molecule has 0 bridgehead atoms. The first-order chi connectivity index (χ1) is 7.29. The van der Waals surface area contributed by atoms with Crippen LogP contribution < -0.4 is 5.32 Å². The highest BCUT2D eigenvalue weighted by molar-refractivity contribution is 5.67. The highest BCUT2D eigenvalue weighted by Gasteiger charge is 2.03. The Morgan fingerprint density at radius 1 is 1.33 bits per heavy atom. The average molecular weight is 203 g/mol. The van der Waals surface area contributed by atoms with Gasteiger partial charge in [-0.1, -0.05) is 44.2 Å². The summed E-state index contributed by atoms with van der Waals surface area (Å²) in [7, 11) is 1.96. The van der Waals surface area contributed by atoms with Crippen LogP contribution in [0.3, 0.4) is 0 Å². The van der Waals surface area contributed by atoms with Crippen LogP contribution in [-0.2, 0) is 6.42 Å². The maximum atomic E-state index is 4.12. The molecule has 0 saturated carbocycles. The van der Waals surface area contributed by atoms with E-state index in [9.17, 15) is 0 Å². The highest BCUT2D eigenvalue weighted by atomic mass is 14.8. The molecule has 15 heavy (non-hydrogen) atoms. The topological polar surface area (TPSA) is 12.0 Å². The van der Waals surface area contributed by atoms with Crippen LogP contribution in [0, 0.1) is 0 Å². The molecular weight excluding hydrogens is 182 g/mol. The summed E-state index contributed by atoms with van der Waals surface area (Å²) in [6.45, 7) is 7.21. The van der Waals surface area contributed by atoms with Crippen molar-refractivity contribution in [3.05, 3.63) is 42.0 Å². The van der Waals surface area contributed by atoms with E-state index in [1.165, 1.54) is 29.5 Å². The van der Waals surface area contributed by atoms with Gasteiger partial charge in [0.05, 0.1) is 0 Å². The first kappa shape index (κ1) is 12.0. The van der Waals surface area contributed by atoms with Crippen LogP contribution in [0.25, 0.3) is 5.57 Å². The molecule has 0 spiro atoms. The predicted octanol–water partition coefficient (Wildman–Crippen LogP) is 3.26. The number of hydrogen-bond acceptors (Lipinski definition) is 1. The largest absolute Gasteiger partial charge is 0.316 e. The maximum absolute atomic E-state index is 4.12. The minimum Gasteiger partial charge on any atom is -0.316 e. The Labute approximate surface area is 93.2 Å². The zero-order valence-corrected chi connectivity index (χ0v) is 9.84. The second-order valence-electron chi connectivity index (χ2n) is 3.89. The Kier molecular flexibility index (Phi) is 5.13. The smallest absolute Gasteiger partial charge is 0.0202 e. The normalized spacial score (nSPS) is 10.3. The summed E-state index contributed by atoms with van der Waals surface area (Å²) < 4.78 is 0. The molecule has 82 valence electrons. The molecule has 0 fully saturated rings. The minimum absolute atomic E-state index is 0.864. The fraction of sp³-hybridized carbons (Fsp3) is 0.429. The fourth-order valence-corrected chi connectivity index (χ4v) is 1.76. The molecule has 0 radical (unpaired) electrons. The molecule has 1 aromatic rings. The van der Waals surface area contributed by atoms with E-state index in [-0.39, 0.29) is 0 Å². The molecule has 0 aliphatic carbocycles. The second kappa shape index (κ2) is 6.41. The van der Waals surface area contributed by atoms with Gasteiger partial charge in [-0.3, -0.25) is 0 Å². The monoisotopic (exact) mass is 203 g/mol. The zero-order valence-electron chi connectivity index (χ0n) is 9.84. The van der Waals surface area contributed by atoms with Crippen molar-refractivity contribution in [1.29, 1.82) is 0 Å². The van der Waals surface area contributed by atoms with Gasteiger partial charge in [0.2, 0.25) is 0 Å². The van der Waals surface area contributed by atoms with Gasteiger partial charge in [0.15, 0.2) is 0 Å².